The summed E-state index contributed by atoms with van der Waals surface area (Å²) in [5.74, 6) is 0. The summed E-state index contributed by atoms with van der Waals surface area (Å²) in [5.41, 5.74) is -1.46. The third-order valence-corrected chi connectivity index (χ3v) is 2.00. The molecule has 0 aromatic rings. The minimum atomic E-state index is -3.71. The van der Waals surface area contributed by atoms with Gasteiger partial charge in [-0.1, -0.05) is 0 Å². The molecule has 7 heavy (non-hydrogen) atoms. The van der Waals surface area contributed by atoms with Crippen molar-refractivity contribution in [1.82, 2.24) is 0 Å². The Bertz CT molecular complexity index is 135. The van der Waals surface area contributed by atoms with E-state index in [1.165, 1.54) is 0 Å². The monoisotopic (exact) mass is 144 g/mol. The van der Waals surface area contributed by atoms with Gasteiger partial charge in [-0.25, -0.2) is 8.42 Å². The molecule has 5 heteroatoms. The molecule has 0 aliphatic heterocycles. The van der Waals surface area contributed by atoms with Crippen molar-refractivity contribution in [3.8, 4) is 0 Å². The van der Waals surface area contributed by atoms with E-state index in [1.807, 2.05) is 0 Å². The fourth-order valence-electron chi connectivity index (χ4n) is 0. The van der Waals surface area contributed by atoms with Gasteiger partial charge in [0.1, 0.15) is 0 Å². The van der Waals surface area contributed by atoms with Crippen LogP contribution in [0.5, 0.6) is 0 Å². The highest BCUT2D eigenvalue weighted by atomic mass is 35.7. The zero-order valence-electron chi connectivity index (χ0n) is 3.63. The van der Waals surface area contributed by atoms with Gasteiger partial charge in [-0.15, -0.1) is 0 Å². The number of rotatable bonds is 1. The van der Waals surface area contributed by atoms with E-state index in [0.29, 0.717) is 0 Å². The van der Waals surface area contributed by atoms with Crippen LogP contribution < -0.4 is 0 Å². The molecule has 0 aromatic carbocycles. The van der Waals surface area contributed by atoms with Crippen LogP contribution in [-0.4, -0.2) is 19.0 Å². The Hall–Kier alpha value is 0.200. The predicted molar refractivity (Wildman–Crippen MR) is 26.5 cm³/mol. The summed E-state index contributed by atoms with van der Waals surface area (Å²) >= 11 is 0. The summed E-state index contributed by atoms with van der Waals surface area (Å²) < 4.78 is 19.7. The lowest BCUT2D eigenvalue weighted by Crippen LogP contribution is -2.08. The second kappa shape index (κ2) is 1.98. The normalized spacial score (nSPS) is 16.4. The Morgan fingerprint density at radius 3 is 1.86 bits per heavy atom. The highest BCUT2D eigenvalue weighted by Gasteiger charge is 2.11. The van der Waals surface area contributed by atoms with Crippen LogP contribution in [0.2, 0.25) is 0 Å². The molecule has 3 nitrogen and oxygen atoms in total. The first-order valence-electron chi connectivity index (χ1n) is 1.56. The lowest BCUT2D eigenvalue weighted by molar-refractivity contribution is 0.271. The lowest BCUT2D eigenvalue weighted by Gasteiger charge is -1.92. The molecule has 0 spiro atoms. The molecule has 44 valence electrons. The molecule has 0 rings (SSSR count). The number of aliphatic hydroxyl groups excluding tert-OH is 1. The van der Waals surface area contributed by atoms with Gasteiger partial charge in [0, 0.05) is 10.7 Å². The second-order valence-corrected chi connectivity index (χ2v) is 4.00. The van der Waals surface area contributed by atoms with Crippen molar-refractivity contribution in [3.63, 3.8) is 0 Å². The van der Waals surface area contributed by atoms with Gasteiger partial charge in [-0.2, -0.15) is 0 Å². The van der Waals surface area contributed by atoms with Gasteiger partial charge in [0.15, 0.2) is 5.44 Å². The highest BCUT2D eigenvalue weighted by Crippen LogP contribution is 2.00. The van der Waals surface area contributed by atoms with Crippen LogP contribution in [0.1, 0.15) is 6.92 Å². The standard InChI is InChI=1S/C2H5ClO3S/c1-2(4)7(3,5)6/h2,4H,1H3. The smallest absolute Gasteiger partial charge is 0.258 e. The molecule has 0 saturated carbocycles. The Morgan fingerprint density at radius 2 is 1.86 bits per heavy atom. The molecule has 0 aromatic heterocycles. The number of hydrogen-bond donors (Lipinski definition) is 1. The first-order valence-corrected chi connectivity index (χ1v) is 3.93. The Kier molecular flexibility index (Phi) is 2.04. The third kappa shape index (κ3) is 2.85. The molecule has 1 N–H and O–H groups in total. The number of halogens is 1. The first kappa shape index (κ1) is 7.20. The minimum absolute atomic E-state index is 1.09. The predicted octanol–water partition coefficient (Wildman–Crippen LogP) is -0.107. The van der Waals surface area contributed by atoms with Gasteiger partial charge in [0.05, 0.1) is 0 Å². The van der Waals surface area contributed by atoms with E-state index in [0.717, 1.165) is 6.92 Å². The zero-order valence-corrected chi connectivity index (χ0v) is 5.20. The van der Waals surface area contributed by atoms with Gasteiger partial charge < -0.3 is 5.11 Å². The topological polar surface area (TPSA) is 54.4 Å². The first-order chi connectivity index (χ1) is 2.94. The van der Waals surface area contributed by atoms with Gasteiger partial charge in [0.25, 0.3) is 9.05 Å². The Morgan fingerprint density at radius 1 is 1.71 bits per heavy atom. The van der Waals surface area contributed by atoms with Gasteiger partial charge in [0.2, 0.25) is 0 Å². The van der Waals surface area contributed by atoms with Crippen molar-refractivity contribution in [3.05, 3.63) is 0 Å². The minimum Gasteiger partial charge on any atom is -0.376 e. The molecule has 0 amide bonds. The maximum absolute atomic E-state index is 9.85. The maximum atomic E-state index is 9.85. The molecule has 0 saturated heterocycles. The van der Waals surface area contributed by atoms with Crippen LogP contribution in [0.3, 0.4) is 0 Å². The van der Waals surface area contributed by atoms with Crippen molar-refractivity contribution >= 4 is 19.7 Å². The summed E-state index contributed by atoms with van der Waals surface area (Å²) in [5, 5.41) is 8.17. The third-order valence-electron chi connectivity index (χ3n) is 0.407. The average Bonchev–Trinajstić information content (AvgIpc) is 1.31. The molecule has 1 atom stereocenters. The van der Waals surface area contributed by atoms with Crippen LogP contribution in [0.4, 0.5) is 0 Å². The maximum Gasteiger partial charge on any atom is 0.258 e. The fourth-order valence-corrected chi connectivity index (χ4v) is 0. The van der Waals surface area contributed by atoms with Crippen molar-refractivity contribution in [2.75, 3.05) is 0 Å². The van der Waals surface area contributed by atoms with Gasteiger partial charge in [-0.05, 0) is 6.92 Å². The molecule has 0 fully saturated rings. The number of hydrogen-bond acceptors (Lipinski definition) is 3. The van der Waals surface area contributed by atoms with E-state index in [9.17, 15) is 8.42 Å². The van der Waals surface area contributed by atoms with Crippen molar-refractivity contribution in [2.45, 2.75) is 12.4 Å². The van der Waals surface area contributed by atoms with Crippen LogP contribution in [-0.2, 0) is 9.05 Å². The van der Waals surface area contributed by atoms with E-state index in [1.54, 1.807) is 0 Å². The Balaban J connectivity index is 4.10. The molecule has 0 heterocycles. The fraction of sp³-hybridized carbons (Fsp3) is 1.00. The van der Waals surface area contributed by atoms with E-state index in [4.69, 9.17) is 5.11 Å². The van der Waals surface area contributed by atoms with Crippen molar-refractivity contribution in [2.24, 2.45) is 0 Å². The summed E-state index contributed by atoms with van der Waals surface area (Å²) in [4.78, 5) is 0. The summed E-state index contributed by atoms with van der Waals surface area (Å²) in [6, 6.07) is 0. The van der Waals surface area contributed by atoms with E-state index in [2.05, 4.69) is 10.7 Å². The number of aliphatic hydroxyl groups is 1. The summed E-state index contributed by atoms with van der Waals surface area (Å²) in [6.07, 6.45) is 0. The largest absolute Gasteiger partial charge is 0.376 e. The molecule has 0 aliphatic rings. The zero-order chi connectivity index (χ0) is 6.08. The van der Waals surface area contributed by atoms with E-state index in [-0.39, 0.29) is 0 Å². The van der Waals surface area contributed by atoms with Crippen molar-refractivity contribution < 1.29 is 13.5 Å². The highest BCUT2D eigenvalue weighted by molar-refractivity contribution is 8.14. The molecule has 0 radical (unpaired) electrons. The molecule has 0 bridgehead atoms. The van der Waals surface area contributed by atoms with Crippen LogP contribution in [0.15, 0.2) is 0 Å². The SMILES string of the molecule is CC(O)S(=O)(=O)Cl. The van der Waals surface area contributed by atoms with Crippen LogP contribution in [0.25, 0.3) is 0 Å². The molecule has 0 aliphatic carbocycles. The summed E-state index contributed by atoms with van der Waals surface area (Å²) in [6.45, 7) is 1.09. The molecule has 1 unspecified atom stereocenters. The van der Waals surface area contributed by atoms with E-state index >= 15 is 0 Å². The van der Waals surface area contributed by atoms with Gasteiger partial charge in [-0.3, -0.25) is 0 Å². The van der Waals surface area contributed by atoms with Crippen LogP contribution >= 0.6 is 10.7 Å². The lowest BCUT2D eigenvalue weighted by atomic mass is 10.9. The summed E-state index contributed by atoms with van der Waals surface area (Å²) in [7, 11) is 0.877. The average molecular weight is 145 g/mol. The quantitative estimate of drug-likeness (QED) is 0.523. The van der Waals surface area contributed by atoms with Crippen molar-refractivity contribution in [1.29, 1.82) is 0 Å². The second-order valence-electron chi connectivity index (χ2n) is 1.07. The van der Waals surface area contributed by atoms with Gasteiger partial charge >= 0.3 is 0 Å². The van der Waals surface area contributed by atoms with Crippen LogP contribution in [0, 0.1) is 0 Å². The van der Waals surface area contributed by atoms with E-state index < -0.39 is 14.5 Å². The molecular formula is C2H5ClO3S. The molecular weight excluding hydrogens is 140 g/mol. The Labute approximate surface area is 46.3 Å².